The second-order valence-corrected chi connectivity index (χ2v) is 7.41. The van der Waals surface area contributed by atoms with Crippen molar-refractivity contribution < 1.29 is 25.9 Å². The summed E-state index contributed by atoms with van der Waals surface area (Å²) in [5.41, 5.74) is 7.99. The van der Waals surface area contributed by atoms with Gasteiger partial charge in [-0.2, -0.15) is 8.42 Å². The molecule has 0 unspecified atom stereocenters. The maximum absolute atomic E-state index is 11.8. The molecule has 0 saturated heterocycles. The van der Waals surface area contributed by atoms with Crippen LogP contribution in [0.2, 0.25) is 0 Å². The zero-order valence-corrected chi connectivity index (χ0v) is 14.9. The Labute approximate surface area is 137 Å². The lowest BCUT2D eigenvalue weighted by atomic mass is 10.1. The van der Waals surface area contributed by atoms with E-state index in [1.807, 2.05) is 32.0 Å². The van der Waals surface area contributed by atoms with Gasteiger partial charge in [-0.3, -0.25) is 13.4 Å². The zero-order valence-electron chi connectivity index (χ0n) is 13.2. The van der Waals surface area contributed by atoms with Gasteiger partial charge in [0, 0.05) is 25.3 Å². The van der Waals surface area contributed by atoms with Crippen LogP contribution in [-0.4, -0.2) is 51.8 Å². The van der Waals surface area contributed by atoms with Crippen molar-refractivity contribution in [3.63, 3.8) is 0 Å². The molecule has 0 fully saturated rings. The van der Waals surface area contributed by atoms with Gasteiger partial charge in [0.15, 0.2) is 0 Å². The number of aryl methyl sites for hydroxylation is 1. The van der Waals surface area contributed by atoms with E-state index < -0.39 is 20.4 Å². The summed E-state index contributed by atoms with van der Waals surface area (Å²) in [6.45, 7) is 5.25. The van der Waals surface area contributed by atoms with E-state index in [1.165, 1.54) is 10.6 Å². The van der Waals surface area contributed by atoms with Gasteiger partial charge in [-0.25, -0.2) is 8.42 Å². The average Bonchev–Trinajstić information content (AvgIpc) is 2.35. The topological polar surface area (TPSA) is 150 Å². The van der Waals surface area contributed by atoms with E-state index >= 15 is 0 Å². The summed E-state index contributed by atoms with van der Waals surface area (Å²) in [5.74, 6) is 0. The number of nitrogens with one attached hydrogen (secondary N) is 1. The summed E-state index contributed by atoms with van der Waals surface area (Å²) < 4.78 is 56.5. The average molecular weight is 369 g/mol. The molecule has 23 heavy (non-hydrogen) atoms. The third kappa shape index (κ3) is 9.36. The monoisotopic (exact) mass is 369 g/mol. The number of hydrogen-bond acceptors (Lipinski definition) is 6. The number of hydrogen-bond donors (Lipinski definition) is 4. The third-order valence-corrected chi connectivity index (χ3v) is 3.77. The molecule has 1 rings (SSSR count). The van der Waals surface area contributed by atoms with Crippen LogP contribution in [0.1, 0.15) is 12.5 Å². The van der Waals surface area contributed by atoms with E-state index in [1.54, 1.807) is 0 Å². The molecule has 0 heterocycles. The summed E-state index contributed by atoms with van der Waals surface area (Å²) in [6, 6.07) is 5.68. The molecule has 134 valence electrons. The first-order valence-electron chi connectivity index (χ1n) is 6.62. The van der Waals surface area contributed by atoms with Crippen molar-refractivity contribution in [3.8, 4) is 0 Å². The highest BCUT2D eigenvalue weighted by Crippen LogP contribution is 2.26. The van der Waals surface area contributed by atoms with Crippen LogP contribution in [0.25, 0.3) is 0 Å². The minimum atomic E-state index is -4.67. The highest BCUT2D eigenvalue weighted by Gasteiger charge is 2.18. The number of benzene rings is 1. The first-order chi connectivity index (χ1) is 10.4. The van der Waals surface area contributed by atoms with Crippen molar-refractivity contribution >= 4 is 31.8 Å². The molecule has 1 aromatic carbocycles. The summed E-state index contributed by atoms with van der Waals surface area (Å²) in [6.07, 6.45) is 1.20. The molecule has 0 aromatic heterocycles. The van der Waals surface area contributed by atoms with Gasteiger partial charge < -0.3 is 11.1 Å². The van der Waals surface area contributed by atoms with Crippen molar-refractivity contribution in [2.45, 2.75) is 13.8 Å². The molecule has 0 saturated carbocycles. The Bertz CT molecular complexity index is 696. The Morgan fingerprint density at radius 3 is 2.13 bits per heavy atom. The van der Waals surface area contributed by atoms with Crippen LogP contribution >= 0.6 is 0 Å². The fourth-order valence-corrected chi connectivity index (χ4v) is 2.77. The minimum Gasteiger partial charge on any atom is -0.385 e. The van der Waals surface area contributed by atoms with Gasteiger partial charge in [0.2, 0.25) is 10.0 Å². The predicted octanol–water partition coefficient (Wildman–Crippen LogP) is 0.499. The highest BCUT2D eigenvalue weighted by atomic mass is 32.3. The molecule has 11 heteroatoms. The molecular formula is C12H23N3O6S2. The number of rotatable bonds is 6. The summed E-state index contributed by atoms with van der Waals surface area (Å²) in [5, 5.41) is 3.17. The molecule has 0 atom stereocenters. The van der Waals surface area contributed by atoms with Gasteiger partial charge in [0.05, 0.1) is 11.9 Å². The molecule has 0 bridgehead atoms. The third-order valence-electron chi connectivity index (χ3n) is 2.59. The number of nitrogens with zero attached hydrogens (tertiary/aromatic N) is 1. The molecule has 0 aliphatic heterocycles. The smallest absolute Gasteiger partial charge is 0.385 e. The van der Waals surface area contributed by atoms with Crippen molar-refractivity contribution in [3.05, 3.63) is 23.8 Å². The van der Waals surface area contributed by atoms with Crippen molar-refractivity contribution in [2.75, 3.05) is 35.5 Å². The van der Waals surface area contributed by atoms with Gasteiger partial charge >= 0.3 is 10.4 Å². The number of sulfonamides is 1. The van der Waals surface area contributed by atoms with Gasteiger partial charge in [0.25, 0.3) is 0 Å². The van der Waals surface area contributed by atoms with Gasteiger partial charge in [-0.15, -0.1) is 0 Å². The summed E-state index contributed by atoms with van der Waals surface area (Å²) in [7, 11) is -7.98. The van der Waals surface area contributed by atoms with Crippen molar-refractivity contribution in [1.29, 1.82) is 0 Å². The molecular weight excluding hydrogens is 346 g/mol. The van der Waals surface area contributed by atoms with E-state index in [2.05, 4.69) is 5.32 Å². The number of anilines is 2. The van der Waals surface area contributed by atoms with Crippen LogP contribution in [-0.2, 0) is 20.4 Å². The molecule has 0 aliphatic carbocycles. The van der Waals surface area contributed by atoms with Gasteiger partial charge in [-0.1, -0.05) is 6.07 Å². The van der Waals surface area contributed by atoms with Gasteiger partial charge in [-0.05, 0) is 31.5 Å². The van der Waals surface area contributed by atoms with Crippen LogP contribution in [0, 0.1) is 6.92 Å². The van der Waals surface area contributed by atoms with Crippen LogP contribution in [0.3, 0.4) is 0 Å². The first-order valence-corrected chi connectivity index (χ1v) is 9.86. The second kappa shape index (κ2) is 9.03. The normalized spacial score (nSPS) is 11.4. The molecule has 0 radical (unpaired) electrons. The Balaban J connectivity index is 0.000000841. The predicted molar refractivity (Wildman–Crippen MR) is 90.8 cm³/mol. The number of nitrogens with two attached hydrogens (primary N) is 1. The van der Waals surface area contributed by atoms with Gasteiger partial charge in [0.1, 0.15) is 0 Å². The lowest BCUT2D eigenvalue weighted by Crippen LogP contribution is -2.35. The Morgan fingerprint density at radius 2 is 1.74 bits per heavy atom. The van der Waals surface area contributed by atoms with E-state index in [4.69, 9.17) is 23.3 Å². The molecule has 0 spiro atoms. The SMILES string of the molecule is CCNc1ccc(C)c(N(CCN)S(C)(=O)=O)c1.O=S(=O)(O)O. The Kier molecular flexibility index (Phi) is 8.48. The fraction of sp³-hybridized carbons (Fsp3) is 0.500. The minimum absolute atomic E-state index is 0.287. The van der Waals surface area contributed by atoms with E-state index in [9.17, 15) is 8.42 Å². The van der Waals surface area contributed by atoms with Crippen LogP contribution in [0.5, 0.6) is 0 Å². The maximum Gasteiger partial charge on any atom is 0.394 e. The molecule has 0 amide bonds. The molecule has 1 aromatic rings. The quantitative estimate of drug-likeness (QED) is 0.529. The maximum atomic E-state index is 11.8. The summed E-state index contributed by atoms with van der Waals surface area (Å²) in [4.78, 5) is 0. The Morgan fingerprint density at radius 1 is 1.22 bits per heavy atom. The molecule has 9 nitrogen and oxygen atoms in total. The fourth-order valence-electron chi connectivity index (χ4n) is 1.77. The second-order valence-electron chi connectivity index (χ2n) is 4.60. The molecule has 0 aliphatic rings. The first kappa shape index (κ1) is 21.6. The van der Waals surface area contributed by atoms with Crippen molar-refractivity contribution in [1.82, 2.24) is 0 Å². The van der Waals surface area contributed by atoms with Crippen LogP contribution < -0.4 is 15.4 Å². The highest BCUT2D eigenvalue weighted by molar-refractivity contribution is 7.92. The van der Waals surface area contributed by atoms with E-state index in [0.717, 1.165) is 17.8 Å². The lowest BCUT2D eigenvalue weighted by Gasteiger charge is -2.24. The summed E-state index contributed by atoms with van der Waals surface area (Å²) >= 11 is 0. The lowest BCUT2D eigenvalue weighted by molar-refractivity contribution is 0.381. The molecule has 5 N–H and O–H groups in total. The van der Waals surface area contributed by atoms with E-state index in [-0.39, 0.29) is 13.1 Å². The Hall–Kier alpha value is -1.40. The van der Waals surface area contributed by atoms with Crippen LogP contribution in [0.15, 0.2) is 18.2 Å². The van der Waals surface area contributed by atoms with E-state index in [0.29, 0.717) is 5.69 Å². The van der Waals surface area contributed by atoms with Crippen molar-refractivity contribution in [2.24, 2.45) is 5.73 Å². The van der Waals surface area contributed by atoms with Crippen LogP contribution in [0.4, 0.5) is 11.4 Å². The standard InChI is InChI=1S/C12H21N3O2S.H2O4S/c1-4-14-11-6-5-10(2)12(9-11)15(8-7-13)18(3,16)17;1-5(2,3)4/h5-6,9,14H,4,7-8,13H2,1-3H3;(H2,1,2,3,4). The zero-order chi connectivity index (χ0) is 18.3. The largest absolute Gasteiger partial charge is 0.394 e.